The van der Waals surface area contributed by atoms with Crippen LogP contribution in [0.3, 0.4) is 0 Å². The third kappa shape index (κ3) is 4.59. The van der Waals surface area contributed by atoms with Gasteiger partial charge < -0.3 is 19.8 Å². The van der Waals surface area contributed by atoms with Crippen molar-refractivity contribution >= 4 is 30.0 Å². The Balaban J connectivity index is 0.00000208. The summed E-state index contributed by atoms with van der Waals surface area (Å²) >= 11 is 0. The first-order valence-electron chi connectivity index (χ1n) is 7.58. The van der Waals surface area contributed by atoms with Gasteiger partial charge in [-0.25, -0.2) is 4.79 Å². The molecule has 1 aromatic carbocycles. The van der Waals surface area contributed by atoms with Gasteiger partial charge in [0.25, 0.3) is 5.91 Å². The first-order valence-corrected chi connectivity index (χ1v) is 7.58. The third-order valence-electron chi connectivity index (χ3n) is 3.68. The molecule has 1 atom stereocenters. The Morgan fingerprint density at radius 1 is 1.29 bits per heavy atom. The van der Waals surface area contributed by atoms with Gasteiger partial charge >= 0.3 is 5.97 Å². The van der Waals surface area contributed by atoms with Crippen molar-refractivity contribution in [2.45, 2.75) is 18.9 Å². The predicted molar refractivity (Wildman–Crippen MR) is 91.7 cm³/mol. The summed E-state index contributed by atoms with van der Waals surface area (Å²) in [5, 5.41) is 5.96. The number of hydrogen-bond donors (Lipinski definition) is 2. The minimum absolute atomic E-state index is 0. The van der Waals surface area contributed by atoms with Crippen molar-refractivity contribution in [3.05, 3.63) is 54.0 Å². The van der Waals surface area contributed by atoms with E-state index in [4.69, 9.17) is 9.15 Å². The quantitative estimate of drug-likeness (QED) is 0.810. The number of halogens is 1. The molecule has 0 radical (unpaired) electrons. The molecule has 1 saturated heterocycles. The van der Waals surface area contributed by atoms with Crippen molar-refractivity contribution in [3.8, 4) is 0 Å². The highest BCUT2D eigenvalue weighted by atomic mass is 35.5. The van der Waals surface area contributed by atoms with Crippen molar-refractivity contribution < 1.29 is 18.7 Å². The summed E-state index contributed by atoms with van der Waals surface area (Å²) < 4.78 is 10.3. The van der Waals surface area contributed by atoms with Gasteiger partial charge in [-0.05, 0) is 49.7 Å². The van der Waals surface area contributed by atoms with Crippen LogP contribution in [-0.2, 0) is 4.74 Å². The van der Waals surface area contributed by atoms with Crippen LogP contribution in [0.15, 0.2) is 47.1 Å². The number of furan rings is 1. The van der Waals surface area contributed by atoms with Gasteiger partial charge in [0.15, 0.2) is 5.76 Å². The molecule has 1 fully saturated rings. The van der Waals surface area contributed by atoms with Crippen molar-refractivity contribution in [3.63, 3.8) is 0 Å². The lowest BCUT2D eigenvalue weighted by Crippen LogP contribution is -2.28. The van der Waals surface area contributed by atoms with Crippen LogP contribution in [0.2, 0.25) is 0 Å². The topological polar surface area (TPSA) is 80.6 Å². The molecule has 6 nitrogen and oxygen atoms in total. The van der Waals surface area contributed by atoms with E-state index in [1.165, 1.54) is 6.26 Å². The van der Waals surface area contributed by atoms with E-state index >= 15 is 0 Å². The van der Waals surface area contributed by atoms with Gasteiger partial charge in [0.2, 0.25) is 0 Å². The molecule has 7 heteroatoms. The zero-order valence-corrected chi connectivity index (χ0v) is 13.8. The maximum atomic E-state index is 12.1. The number of carbonyl (C=O) groups is 2. The monoisotopic (exact) mass is 350 g/mol. The standard InChI is InChI=1S/C17H18N2O4.ClH/c20-16(15-7-3-9-22-15)19-13-5-1-4-12(10-13)17(21)23-11-14-6-2-8-18-14;/h1,3-5,7,9-10,14,18H,2,6,8,11H2,(H,19,20);1H. The molecule has 24 heavy (non-hydrogen) atoms. The second-order valence-electron chi connectivity index (χ2n) is 5.40. The summed E-state index contributed by atoms with van der Waals surface area (Å²) in [6.07, 6.45) is 3.56. The fourth-order valence-corrected chi connectivity index (χ4v) is 2.48. The lowest BCUT2D eigenvalue weighted by Gasteiger charge is -2.11. The van der Waals surface area contributed by atoms with E-state index in [0.717, 1.165) is 19.4 Å². The summed E-state index contributed by atoms with van der Waals surface area (Å²) in [6, 6.07) is 10.1. The van der Waals surface area contributed by atoms with E-state index in [-0.39, 0.29) is 30.1 Å². The number of ether oxygens (including phenoxy) is 1. The van der Waals surface area contributed by atoms with Gasteiger partial charge in [-0.1, -0.05) is 6.07 Å². The van der Waals surface area contributed by atoms with Crippen LogP contribution in [0.25, 0.3) is 0 Å². The summed E-state index contributed by atoms with van der Waals surface area (Å²) in [5.41, 5.74) is 0.917. The molecule has 2 heterocycles. The first-order chi connectivity index (χ1) is 11.2. The molecule has 1 aliphatic heterocycles. The molecule has 0 bridgehead atoms. The molecule has 2 N–H and O–H groups in total. The Morgan fingerprint density at radius 2 is 2.17 bits per heavy atom. The van der Waals surface area contributed by atoms with Gasteiger partial charge in [0.1, 0.15) is 6.61 Å². The van der Waals surface area contributed by atoms with E-state index in [9.17, 15) is 9.59 Å². The minimum atomic E-state index is -0.396. The second kappa shape index (κ2) is 8.52. The summed E-state index contributed by atoms with van der Waals surface area (Å²) in [5.74, 6) is -0.547. The fraction of sp³-hybridized carbons (Fsp3) is 0.294. The average molecular weight is 351 g/mol. The molecule has 1 aliphatic rings. The van der Waals surface area contributed by atoms with E-state index in [0.29, 0.717) is 17.9 Å². The molecule has 128 valence electrons. The highest BCUT2D eigenvalue weighted by Gasteiger charge is 2.17. The number of carbonyl (C=O) groups excluding carboxylic acids is 2. The predicted octanol–water partition coefficient (Wildman–Crippen LogP) is 2.86. The Kier molecular flexibility index (Phi) is 6.40. The maximum absolute atomic E-state index is 12.1. The Labute approximate surface area is 146 Å². The van der Waals surface area contributed by atoms with Crippen molar-refractivity contribution in [2.75, 3.05) is 18.5 Å². The molecule has 0 spiro atoms. The van der Waals surface area contributed by atoms with Crippen molar-refractivity contribution in [2.24, 2.45) is 0 Å². The zero-order chi connectivity index (χ0) is 16.1. The lowest BCUT2D eigenvalue weighted by molar-refractivity contribution is 0.0473. The highest BCUT2D eigenvalue weighted by Crippen LogP contribution is 2.14. The molecular formula is C17H19ClN2O4. The highest BCUT2D eigenvalue weighted by molar-refractivity contribution is 6.03. The lowest BCUT2D eigenvalue weighted by atomic mass is 10.2. The summed E-state index contributed by atoms with van der Waals surface area (Å²) in [4.78, 5) is 24.0. The number of hydrogen-bond acceptors (Lipinski definition) is 5. The number of anilines is 1. The molecule has 1 aromatic heterocycles. The molecule has 0 saturated carbocycles. The van der Waals surface area contributed by atoms with E-state index in [2.05, 4.69) is 10.6 Å². The van der Waals surface area contributed by atoms with Gasteiger partial charge in [0.05, 0.1) is 11.8 Å². The normalized spacial score (nSPS) is 16.2. The van der Waals surface area contributed by atoms with Gasteiger partial charge in [-0.3, -0.25) is 4.79 Å². The SMILES string of the molecule is Cl.O=C(OCC1CCCN1)c1cccc(NC(=O)c2ccco2)c1. The number of nitrogens with one attached hydrogen (secondary N) is 2. The average Bonchev–Trinajstić information content (AvgIpc) is 3.26. The minimum Gasteiger partial charge on any atom is -0.460 e. The second-order valence-corrected chi connectivity index (χ2v) is 5.40. The molecular weight excluding hydrogens is 332 g/mol. The Hall–Kier alpha value is -2.31. The maximum Gasteiger partial charge on any atom is 0.338 e. The number of esters is 1. The van der Waals surface area contributed by atoms with E-state index in [1.807, 2.05) is 0 Å². The van der Waals surface area contributed by atoms with E-state index in [1.54, 1.807) is 36.4 Å². The van der Waals surface area contributed by atoms with Crippen LogP contribution >= 0.6 is 12.4 Å². The number of amides is 1. The van der Waals surface area contributed by atoms with Crippen LogP contribution in [-0.4, -0.2) is 31.1 Å². The summed E-state index contributed by atoms with van der Waals surface area (Å²) in [7, 11) is 0. The molecule has 2 aromatic rings. The van der Waals surface area contributed by atoms with Crippen molar-refractivity contribution in [1.82, 2.24) is 5.32 Å². The van der Waals surface area contributed by atoms with Crippen molar-refractivity contribution in [1.29, 1.82) is 0 Å². The molecule has 3 rings (SSSR count). The van der Waals surface area contributed by atoms with E-state index < -0.39 is 5.97 Å². The number of rotatable bonds is 5. The van der Waals surface area contributed by atoms with Crippen LogP contribution in [0.4, 0.5) is 5.69 Å². The van der Waals surface area contributed by atoms with Gasteiger partial charge in [-0.2, -0.15) is 0 Å². The van der Waals surface area contributed by atoms with Gasteiger partial charge in [-0.15, -0.1) is 12.4 Å². The Morgan fingerprint density at radius 3 is 2.88 bits per heavy atom. The zero-order valence-electron chi connectivity index (χ0n) is 13.0. The first kappa shape index (κ1) is 18.0. The van der Waals surface area contributed by atoms with Crippen LogP contribution < -0.4 is 10.6 Å². The largest absolute Gasteiger partial charge is 0.460 e. The smallest absolute Gasteiger partial charge is 0.338 e. The van der Waals surface area contributed by atoms with Crippen LogP contribution in [0.5, 0.6) is 0 Å². The fourth-order valence-electron chi connectivity index (χ4n) is 2.48. The Bertz CT molecular complexity index is 682. The molecule has 0 aliphatic carbocycles. The molecule has 1 unspecified atom stereocenters. The number of benzene rings is 1. The van der Waals surface area contributed by atoms with Crippen LogP contribution in [0, 0.1) is 0 Å². The third-order valence-corrected chi connectivity index (χ3v) is 3.68. The summed E-state index contributed by atoms with van der Waals surface area (Å²) in [6.45, 7) is 1.33. The van der Waals surface area contributed by atoms with Crippen LogP contribution in [0.1, 0.15) is 33.8 Å². The van der Waals surface area contributed by atoms with Gasteiger partial charge in [0, 0.05) is 11.7 Å². The molecule has 1 amide bonds.